The first-order valence-electron chi connectivity index (χ1n) is 15.2. The Balaban J connectivity index is 1.32. The lowest BCUT2D eigenvalue weighted by Crippen LogP contribution is -2.44. The van der Waals surface area contributed by atoms with Gasteiger partial charge in [0.25, 0.3) is 0 Å². The van der Waals surface area contributed by atoms with Crippen molar-refractivity contribution in [3.8, 4) is 5.75 Å². The number of nitrogens with zero attached hydrogens (tertiary/aromatic N) is 1. The third-order valence-electron chi connectivity index (χ3n) is 7.82. The lowest BCUT2D eigenvalue weighted by atomic mass is 10.0. The van der Waals surface area contributed by atoms with Crippen LogP contribution in [0.25, 0.3) is 0 Å². The van der Waals surface area contributed by atoms with E-state index in [1.807, 2.05) is 84.9 Å². The molecule has 9 heteroatoms. The number of rotatable bonds is 15. The van der Waals surface area contributed by atoms with Gasteiger partial charge in [-0.25, -0.2) is 13.1 Å². The maximum Gasteiger partial charge on any atom is 0.247 e. The Morgan fingerprint density at radius 2 is 1.40 bits per heavy atom. The fraction of sp³-hybridized carbons (Fsp3) is 0.278. The van der Waals surface area contributed by atoms with Crippen LogP contribution in [-0.4, -0.2) is 44.8 Å². The number of ether oxygens (including phenoxy) is 1. The molecule has 0 heterocycles. The molecule has 8 nitrogen and oxygen atoms in total. The third kappa shape index (κ3) is 9.03. The van der Waals surface area contributed by atoms with E-state index in [-0.39, 0.29) is 35.7 Å². The minimum atomic E-state index is -3.55. The van der Waals surface area contributed by atoms with E-state index < -0.39 is 16.1 Å². The molecule has 0 unspecified atom stereocenters. The van der Waals surface area contributed by atoms with Crippen molar-refractivity contribution in [1.29, 1.82) is 0 Å². The number of carbonyl (C=O) groups is 2. The number of methoxy groups -OCH3 is 1. The largest absolute Gasteiger partial charge is 0.497 e. The van der Waals surface area contributed by atoms with Gasteiger partial charge in [0, 0.05) is 25.6 Å². The first-order chi connectivity index (χ1) is 21.8. The van der Waals surface area contributed by atoms with Crippen molar-refractivity contribution in [3.05, 3.63) is 131 Å². The third-order valence-corrected chi connectivity index (χ3v) is 9.36. The molecule has 0 radical (unpaired) electrons. The molecule has 0 aromatic heterocycles. The monoisotopic (exact) mass is 625 g/mol. The van der Waals surface area contributed by atoms with Crippen LogP contribution in [-0.2, 0) is 39.0 Å². The molecule has 4 aromatic carbocycles. The fourth-order valence-corrected chi connectivity index (χ4v) is 6.45. The second kappa shape index (κ2) is 15.0. The van der Waals surface area contributed by atoms with E-state index >= 15 is 0 Å². The highest BCUT2D eigenvalue weighted by Crippen LogP contribution is 2.26. The van der Waals surface area contributed by atoms with E-state index in [1.54, 1.807) is 36.3 Å². The van der Waals surface area contributed by atoms with Gasteiger partial charge in [-0.1, -0.05) is 84.9 Å². The predicted octanol–water partition coefficient (Wildman–Crippen LogP) is 5.20. The van der Waals surface area contributed by atoms with Crippen LogP contribution in [0.15, 0.2) is 114 Å². The van der Waals surface area contributed by atoms with Gasteiger partial charge < -0.3 is 15.0 Å². The Hall–Kier alpha value is -4.47. The maximum atomic E-state index is 14.0. The van der Waals surface area contributed by atoms with Gasteiger partial charge in [0.1, 0.15) is 11.8 Å². The Morgan fingerprint density at radius 3 is 2.02 bits per heavy atom. The molecule has 1 atom stereocenters. The van der Waals surface area contributed by atoms with Crippen LogP contribution in [0.4, 0.5) is 0 Å². The molecule has 1 saturated carbocycles. The summed E-state index contributed by atoms with van der Waals surface area (Å²) in [6, 6.07) is 32.5. The first kappa shape index (κ1) is 31.9. The molecule has 0 bridgehead atoms. The Labute approximate surface area is 265 Å². The number of amides is 2. The lowest BCUT2D eigenvalue weighted by molar-refractivity contribution is -0.141. The lowest BCUT2D eigenvalue weighted by Gasteiger charge is -2.32. The second-order valence-electron chi connectivity index (χ2n) is 11.2. The minimum absolute atomic E-state index is 0.0279. The zero-order valence-electron chi connectivity index (χ0n) is 25.4. The van der Waals surface area contributed by atoms with Gasteiger partial charge in [-0.3, -0.25) is 9.59 Å². The van der Waals surface area contributed by atoms with E-state index in [9.17, 15) is 18.0 Å². The van der Waals surface area contributed by atoms with Gasteiger partial charge in [-0.05, 0) is 72.2 Å². The topological polar surface area (TPSA) is 105 Å². The molecular formula is C36H39N3O5S. The number of aryl methyl sites for hydroxylation is 1. The van der Waals surface area contributed by atoms with Crippen molar-refractivity contribution in [2.24, 2.45) is 0 Å². The molecule has 1 fully saturated rings. The summed E-state index contributed by atoms with van der Waals surface area (Å²) in [4.78, 5) is 29.7. The predicted molar refractivity (Wildman–Crippen MR) is 174 cm³/mol. The molecule has 1 aliphatic carbocycles. The highest BCUT2D eigenvalue weighted by Gasteiger charge is 2.31. The van der Waals surface area contributed by atoms with Crippen LogP contribution in [0, 0.1) is 0 Å². The number of hydrogen-bond acceptors (Lipinski definition) is 5. The number of benzene rings is 4. The van der Waals surface area contributed by atoms with Crippen LogP contribution in [0.1, 0.15) is 47.6 Å². The number of hydrogen-bond donors (Lipinski definition) is 2. The summed E-state index contributed by atoms with van der Waals surface area (Å²) >= 11 is 0. The van der Waals surface area contributed by atoms with Crippen LogP contribution in [0.5, 0.6) is 5.75 Å². The van der Waals surface area contributed by atoms with Crippen molar-refractivity contribution in [2.75, 3.05) is 13.7 Å². The molecule has 0 aliphatic heterocycles. The smallest absolute Gasteiger partial charge is 0.247 e. The molecule has 4 aromatic rings. The van der Waals surface area contributed by atoms with E-state index in [4.69, 9.17) is 4.74 Å². The Morgan fingerprint density at radius 1 is 0.800 bits per heavy atom. The molecule has 0 spiro atoms. The fourth-order valence-electron chi connectivity index (χ4n) is 5.15. The summed E-state index contributed by atoms with van der Waals surface area (Å²) < 4.78 is 33.1. The molecule has 1 aliphatic rings. The molecular weight excluding hydrogens is 586 g/mol. The molecule has 45 heavy (non-hydrogen) atoms. The second-order valence-corrected chi connectivity index (χ2v) is 13.0. The van der Waals surface area contributed by atoms with Crippen LogP contribution in [0.3, 0.4) is 0 Å². The van der Waals surface area contributed by atoms with Crippen molar-refractivity contribution >= 4 is 21.8 Å². The number of carbonyl (C=O) groups excluding carboxylic acids is 2. The summed E-state index contributed by atoms with van der Waals surface area (Å²) in [5.74, 6) is 0.343. The summed E-state index contributed by atoms with van der Waals surface area (Å²) in [5.41, 5.74) is 3.54. The standard InChI is InChI=1S/C36H39N3O5S/c1-44-32-19-12-28(13-20-32)24-25-37-36(41)35(30-10-6-3-7-11-30)39(26-29-8-4-2-5-9-29)34(40)23-16-27-14-21-33(22-15-27)45(42,43)38-31-17-18-31/h2-15,19-22,31,35,38H,16-18,23-26H2,1H3,(H,37,41)/t35-/m0/s1. The summed E-state index contributed by atoms with van der Waals surface area (Å²) in [6.45, 7) is 0.669. The summed E-state index contributed by atoms with van der Waals surface area (Å²) in [7, 11) is -1.93. The molecule has 0 saturated heterocycles. The maximum absolute atomic E-state index is 14.0. The first-order valence-corrected chi connectivity index (χ1v) is 16.7. The van der Waals surface area contributed by atoms with Gasteiger partial charge >= 0.3 is 0 Å². The van der Waals surface area contributed by atoms with E-state index in [0.717, 1.165) is 40.8 Å². The van der Waals surface area contributed by atoms with E-state index in [2.05, 4.69) is 10.0 Å². The average Bonchev–Trinajstić information content (AvgIpc) is 3.88. The average molecular weight is 626 g/mol. The highest BCUT2D eigenvalue weighted by atomic mass is 32.2. The molecule has 5 rings (SSSR count). The van der Waals surface area contributed by atoms with E-state index in [0.29, 0.717) is 19.4 Å². The van der Waals surface area contributed by atoms with Crippen LogP contribution < -0.4 is 14.8 Å². The summed E-state index contributed by atoms with van der Waals surface area (Å²) in [6.07, 6.45) is 2.92. The zero-order chi connectivity index (χ0) is 31.6. The SMILES string of the molecule is COc1ccc(CCNC(=O)[C@H](c2ccccc2)N(Cc2ccccc2)C(=O)CCc2ccc(S(=O)(=O)NC3CC3)cc2)cc1. The molecule has 2 amide bonds. The van der Waals surface area contributed by atoms with Crippen molar-refractivity contribution in [2.45, 2.75) is 55.6 Å². The van der Waals surface area contributed by atoms with Gasteiger partial charge in [0.15, 0.2) is 0 Å². The molecule has 2 N–H and O–H groups in total. The van der Waals surface area contributed by atoms with Gasteiger partial charge in [0.05, 0.1) is 12.0 Å². The zero-order valence-corrected chi connectivity index (χ0v) is 26.2. The van der Waals surface area contributed by atoms with Crippen molar-refractivity contribution < 1.29 is 22.7 Å². The van der Waals surface area contributed by atoms with E-state index in [1.165, 1.54) is 0 Å². The normalized spacial score (nSPS) is 13.5. The number of sulfonamides is 1. The highest BCUT2D eigenvalue weighted by molar-refractivity contribution is 7.89. The van der Waals surface area contributed by atoms with Gasteiger partial charge in [0.2, 0.25) is 21.8 Å². The van der Waals surface area contributed by atoms with Crippen LogP contribution >= 0.6 is 0 Å². The van der Waals surface area contributed by atoms with Gasteiger partial charge in [-0.2, -0.15) is 0 Å². The minimum Gasteiger partial charge on any atom is -0.497 e. The van der Waals surface area contributed by atoms with Crippen molar-refractivity contribution in [3.63, 3.8) is 0 Å². The van der Waals surface area contributed by atoms with Crippen molar-refractivity contribution in [1.82, 2.24) is 14.9 Å². The summed E-state index contributed by atoms with van der Waals surface area (Å²) in [5, 5.41) is 3.06. The quantitative estimate of drug-likeness (QED) is 0.189. The number of nitrogens with one attached hydrogen (secondary N) is 2. The Kier molecular flexibility index (Phi) is 10.7. The van der Waals surface area contributed by atoms with Crippen LogP contribution in [0.2, 0.25) is 0 Å². The Bertz CT molecular complexity index is 1660. The van der Waals surface area contributed by atoms with Gasteiger partial charge in [-0.15, -0.1) is 0 Å². The molecule has 234 valence electrons.